The molecule has 1 aliphatic rings. The molecule has 1 atom stereocenters. The zero-order valence-corrected chi connectivity index (χ0v) is 11.6. The Bertz CT molecular complexity index is 510. The molecule has 1 aromatic rings. The number of aryl methyl sites for hydroxylation is 1. The number of nitrogens with one attached hydrogen (secondary N) is 1. The van der Waals surface area contributed by atoms with Crippen molar-refractivity contribution in [3.63, 3.8) is 0 Å². The maximum atomic E-state index is 12.3. The van der Waals surface area contributed by atoms with Crippen molar-refractivity contribution in [3.8, 4) is 0 Å². The Kier molecular flexibility index (Phi) is 4.50. The number of nitrogens with zero attached hydrogens (tertiary/aromatic N) is 2. The van der Waals surface area contributed by atoms with E-state index in [9.17, 15) is 9.59 Å². The van der Waals surface area contributed by atoms with Crippen molar-refractivity contribution in [2.24, 2.45) is 0 Å². The first-order valence-corrected chi connectivity index (χ1v) is 6.72. The summed E-state index contributed by atoms with van der Waals surface area (Å²) >= 11 is 0. The van der Waals surface area contributed by atoms with Gasteiger partial charge in [0.05, 0.1) is 5.56 Å². The molecule has 2 amide bonds. The maximum Gasteiger partial charge on any atom is 0.255 e. The van der Waals surface area contributed by atoms with Gasteiger partial charge in [-0.3, -0.25) is 14.6 Å². The van der Waals surface area contributed by atoms with Gasteiger partial charge in [-0.15, -0.1) is 6.58 Å². The first-order valence-electron chi connectivity index (χ1n) is 6.72. The van der Waals surface area contributed by atoms with Crippen LogP contribution in [-0.2, 0) is 4.79 Å². The summed E-state index contributed by atoms with van der Waals surface area (Å²) in [6, 6.07) is 3.64. The Hall–Kier alpha value is -2.17. The van der Waals surface area contributed by atoms with Gasteiger partial charge in [0.25, 0.3) is 5.91 Å². The highest BCUT2D eigenvalue weighted by Gasteiger charge is 2.27. The van der Waals surface area contributed by atoms with Crippen molar-refractivity contribution < 1.29 is 9.59 Å². The average molecular weight is 273 g/mol. The highest BCUT2D eigenvalue weighted by Crippen LogP contribution is 2.13. The molecule has 1 N–H and O–H groups in total. The molecule has 20 heavy (non-hydrogen) atoms. The number of pyridine rings is 1. The molecule has 0 aliphatic carbocycles. The first kappa shape index (κ1) is 14.2. The lowest BCUT2D eigenvalue weighted by molar-refractivity contribution is -0.120. The zero-order valence-electron chi connectivity index (χ0n) is 11.6. The summed E-state index contributed by atoms with van der Waals surface area (Å²) in [4.78, 5) is 29.6. The van der Waals surface area contributed by atoms with Crippen LogP contribution in [0.4, 0.5) is 0 Å². The fraction of sp³-hybridized carbons (Fsp3) is 0.400. The molecule has 2 heterocycles. The Morgan fingerprint density at radius 2 is 2.35 bits per heavy atom. The summed E-state index contributed by atoms with van der Waals surface area (Å²) in [5.41, 5.74) is 1.48. The second-order valence-electron chi connectivity index (χ2n) is 4.99. The normalized spacial score (nSPS) is 17.9. The van der Waals surface area contributed by atoms with Crippen LogP contribution in [0.15, 0.2) is 31.0 Å². The largest absolute Gasteiger partial charge is 0.351 e. The molecule has 1 fully saturated rings. The van der Waals surface area contributed by atoms with E-state index >= 15 is 0 Å². The van der Waals surface area contributed by atoms with Crippen molar-refractivity contribution >= 4 is 11.8 Å². The third-order valence-corrected chi connectivity index (χ3v) is 3.33. The summed E-state index contributed by atoms with van der Waals surface area (Å²) in [6.07, 6.45) is 4.27. The van der Waals surface area contributed by atoms with Crippen LogP contribution in [-0.4, -0.2) is 40.8 Å². The summed E-state index contributed by atoms with van der Waals surface area (Å²) in [5, 5.41) is 2.91. The van der Waals surface area contributed by atoms with E-state index in [1.165, 1.54) is 0 Å². The molecular weight excluding hydrogens is 254 g/mol. The van der Waals surface area contributed by atoms with E-state index in [0.29, 0.717) is 25.1 Å². The van der Waals surface area contributed by atoms with Crippen molar-refractivity contribution in [1.82, 2.24) is 15.2 Å². The molecule has 0 aromatic carbocycles. The molecule has 0 saturated carbocycles. The average Bonchev–Trinajstić information content (AvgIpc) is 2.87. The maximum absolute atomic E-state index is 12.3. The SMILES string of the molecule is C=CCC(=O)N[C@@H]1CCN(C(=O)c2ccc(C)nc2)C1. The Balaban J connectivity index is 1.92. The van der Waals surface area contributed by atoms with E-state index in [2.05, 4.69) is 16.9 Å². The Morgan fingerprint density at radius 3 is 3.00 bits per heavy atom. The molecule has 1 saturated heterocycles. The van der Waals surface area contributed by atoms with E-state index in [-0.39, 0.29) is 17.9 Å². The lowest BCUT2D eigenvalue weighted by Gasteiger charge is -2.17. The minimum Gasteiger partial charge on any atom is -0.351 e. The lowest BCUT2D eigenvalue weighted by Crippen LogP contribution is -2.38. The van der Waals surface area contributed by atoms with Gasteiger partial charge in [0.1, 0.15) is 0 Å². The van der Waals surface area contributed by atoms with Crippen molar-refractivity contribution in [2.75, 3.05) is 13.1 Å². The molecule has 5 heteroatoms. The third kappa shape index (κ3) is 3.44. The van der Waals surface area contributed by atoms with Crippen molar-refractivity contribution in [2.45, 2.75) is 25.8 Å². The monoisotopic (exact) mass is 273 g/mol. The molecular formula is C15H19N3O2. The number of carbonyl (C=O) groups is 2. The molecule has 0 spiro atoms. The van der Waals surface area contributed by atoms with Gasteiger partial charge in [0, 0.05) is 37.4 Å². The lowest BCUT2D eigenvalue weighted by atomic mass is 10.2. The number of hydrogen-bond acceptors (Lipinski definition) is 3. The van der Waals surface area contributed by atoms with Gasteiger partial charge in [-0.1, -0.05) is 6.08 Å². The molecule has 1 aromatic heterocycles. The Morgan fingerprint density at radius 1 is 1.55 bits per heavy atom. The number of carbonyl (C=O) groups excluding carboxylic acids is 2. The summed E-state index contributed by atoms with van der Waals surface area (Å²) in [6.45, 7) is 6.63. The topological polar surface area (TPSA) is 62.3 Å². The Labute approximate surface area is 118 Å². The van der Waals surface area contributed by atoms with Crippen LogP contribution < -0.4 is 5.32 Å². The van der Waals surface area contributed by atoms with Gasteiger partial charge in [-0.25, -0.2) is 0 Å². The van der Waals surface area contributed by atoms with Crippen LogP contribution in [0.2, 0.25) is 0 Å². The summed E-state index contributed by atoms with van der Waals surface area (Å²) < 4.78 is 0. The van der Waals surface area contributed by atoms with Gasteiger partial charge in [0.2, 0.25) is 5.91 Å². The quantitative estimate of drug-likeness (QED) is 0.841. The highest BCUT2D eigenvalue weighted by atomic mass is 16.2. The number of amides is 2. The van der Waals surface area contributed by atoms with Crippen molar-refractivity contribution in [1.29, 1.82) is 0 Å². The zero-order chi connectivity index (χ0) is 14.5. The standard InChI is InChI=1S/C15H19N3O2/c1-3-4-14(19)17-13-7-8-18(10-13)15(20)12-6-5-11(2)16-9-12/h3,5-6,9,13H,1,4,7-8,10H2,2H3,(H,17,19)/t13-/m1/s1. The molecule has 5 nitrogen and oxygen atoms in total. The fourth-order valence-corrected chi connectivity index (χ4v) is 2.26. The van der Waals surface area contributed by atoms with E-state index in [4.69, 9.17) is 0 Å². The van der Waals surface area contributed by atoms with E-state index < -0.39 is 0 Å². The van der Waals surface area contributed by atoms with E-state index in [0.717, 1.165) is 12.1 Å². The molecule has 0 unspecified atom stereocenters. The predicted octanol–water partition coefficient (Wildman–Crippen LogP) is 1.30. The predicted molar refractivity (Wildman–Crippen MR) is 76.2 cm³/mol. The smallest absolute Gasteiger partial charge is 0.255 e. The van der Waals surface area contributed by atoms with Gasteiger partial charge in [-0.05, 0) is 25.5 Å². The highest BCUT2D eigenvalue weighted by molar-refractivity contribution is 5.94. The van der Waals surface area contributed by atoms with E-state index in [1.54, 1.807) is 23.2 Å². The molecule has 0 radical (unpaired) electrons. The molecule has 106 valence electrons. The first-order chi connectivity index (χ1) is 9.60. The molecule has 0 bridgehead atoms. The van der Waals surface area contributed by atoms with Crippen LogP contribution in [0, 0.1) is 6.92 Å². The van der Waals surface area contributed by atoms with Crippen molar-refractivity contribution in [3.05, 3.63) is 42.2 Å². The summed E-state index contributed by atoms with van der Waals surface area (Å²) in [7, 11) is 0. The molecule has 1 aliphatic heterocycles. The fourth-order valence-electron chi connectivity index (χ4n) is 2.26. The number of rotatable bonds is 4. The van der Waals surface area contributed by atoms with Crippen LogP contribution in [0.5, 0.6) is 0 Å². The van der Waals surface area contributed by atoms with Gasteiger partial charge >= 0.3 is 0 Å². The number of aromatic nitrogens is 1. The number of likely N-dealkylation sites (tertiary alicyclic amines) is 1. The second kappa shape index (κ2) is 6.32. The van der Waals surface area contributed by atoms with Gasteiger partial charge < -0.3 is 10.2 Å². The van der Waals surface area contributed by atoms with Crippen LogP contribution in [0.3, 0.4) is 0 Å². The summed E-state index contributed by atoms with van der Waals surface area (Å²) in [5.74, 6) is -0.0747. The minimum atomic E-state index is -0.0451. The van der Waals surface area contributed by atoms with Gasteiger partial charge in [0.15, 0.2) is 0 Å². The van der Waals surface area contributed by atoms with Crippen LogP contribution in [0.1, 0.15) is 28.9 Å². The van der Waals surface area contributed by atoms with Gasteiger partial charge in [-0.2, -0.15) is 0 Å². The second-order valence-corrected chi connectivity index (χ2v) is 4.99. The third-order valence-electron chi connectivity index (χ3n) is 3.33. The molecule has 2 rings (SSSR count). The van der Waals surface area contributed by atoms with Crippen LogP contribution >= 0.6 is 0 Å². The minimum absolute atomic E-state index is 0.0297. The number of hydrogen-bond donors (Lipinski definition) is 1. The van der Waals surface area contributed by atoms with Crippen LogP contribution in [0.25, 0.3) is 0 Å². The van der Waals surface area contributed by atoms with E-state index in [1.807, 2.05) is 13.0 Å².